The van der Waals surface area contributed by atoms with Crippen LogP contribution in [0.2, 0.25) is 0 Å². The summed E-state index contributed by atoms with van der Waals surface area (Å²) in [5, 5.41) is 3.79. The van der Waals surface area contributed by atoms with Crippen LogP contribution in [0, 0.1) is 17.8 Å². The lowest BCUT2D eigenvalue weighted by molar-refractivity contribution is 0.280. The maximum absolute atomic E-state index is 3.79. The molecule has 1 aliphatic heterocycles. The fraction of sp³-hybridized carbons (Fsp3) is 0.846. The Morgan fingerprint density at radius 3 is 2.86 bits per heavy atom. The van der Waals surface area contributed by atoms with Crippen LogP contribution in [0.1, 0.15) is 51.9 Å². The summed E-state index contributed by atoms with van der Waals surface area (Å²) in [6, 6.07) is 0. The Bertz CT molecular complexity index is 234. The Morgan fingerprint density at radius 2 is 2.14 bits per heavy atom. The first-order valence-corrected chi connectivity index (χ1v) is 6.02. The maximum atomic E-state index is 3.79. The van der Waals surface area contributed by atoms with E-state index in [1.807, 2.05) is 6.92 Å². The van der Waals surface area contributed by atoms with Crippen molar-refractivity contribution in [3.8, 4) is 11.8 Å². The van der Waals surface area contributed by atoms with Crippen LogP contribution in [-0.4, -0.2) is 12.1 Å². The minimum absolute atomic E-state index is 0.402. The molecule has 1 atom stereocenters. The van der Waals surface area contributed by atoms with E-state index >= 15 is 0 Å². The van der Waals surface area contributed by atoms with Crippen molar-refractivity contribution in [2.75, 3.05) is 6.54 Å². The summed E-state index contributed by atoms with van der Waals surface area (Å²) in [5.41, 5.74) is 0.402. The van der Waals surface area contributed by atoms with Crippen molar-refractivity contribution in [2.24, 2.45) is 5.92 Å². The molecule has 0 amide bonds. The molecule has 0 aromatic rings. The zero-order valence-electron chi connectivity index (χ0n) is 9.23. The summed E-state index contributed by atoms with van der Waals surface area (Å²) in [6.45, 7) is 3.17. The van der Waals surface area contributed by atoms with E-state index in [0.29, 0.717) is 5.54 Å². The highest BCUT2D eigenvalue weighted by molar-refractivity contribution is 5.10. The van der Waals surface area contributed by atoms with Gasteiger partial charge < -0.3 is 5.32 Å². The van der Waals surface area contributed by atoms with E-state index in [-0.39, 0.29) is 0 Å². The van der Waals surface area contributed by atoms with E-state index in [2.05, 4.69) is 17.2 Å². The van der Waals surface area contributed by atoms with E-state index in [1.54, 1.807) is 0 Å². The molecule has 1 N–H and O–H groups in total. The van der Waals surface area contributed by atoms with Crippen LogP contribution in [0.25, 0.3) is 0 Å². The molecule has 0 aromatic carbocycles. The zero-order chi connectivity index (χ0) is 9.86. The molecule has 1 saturated carbocycles. The molecular formula is C13H21N. The summed E-state index contributed by atoms with van der Waals surface area (Å²) in [5.74, 6) is 7.28. The van der Waals surface area contributed by atoms with Crippen LogP contribution >= 0.6 is 0 Å². The van der Waals surface area contributed by atoms with Crippen molar-refractivity contribution in [3.05, 3.63) is 0 Å². The minimum Gasteiger partial charge on any atom is -0.310 e. The summed E-state index contributed by atoms with van der Waals surface area (Å²) in [6.07, 6.45) is 9.45. The quantitative estimate of drug-likeness (QED) is 0.662. The third-order valence-corrected chi connectivity index (χ3v) is 3.72. The predicted octanol–water partition coefficient (Wildman–Crippen LogP) is 2.71. The Morgan fingerprint density at radius 1 is 1.29 bits per heavy atom. The van der Waals surface area contributed by atoms with Gasteiger partial charge in [0.05, 0.1) is 0 Å². The molecule has 1 heterocycles. The molecule has 1 unspecified atom stereocenters. The molecule has 0 spiro atoms. The minimum atomic E-state index is 0.402. The standard InChI is InChI=1S/C13H21N/c1-2-3-9-13(12-7-8-12)10-5-4-6-11-14-13/h12,14H,4-11H2,1H3. The van der Waals surface area contributed by atoms with Crippen molar-refractivity contribution in [3.63, 3.8) is 0 Å². The molecule has 1 nitrogen and oxygen atoms in total. The van der Waals surface area contributed by atoms with Crippen molar-refractivity contribution >= 4 is 0 Å². The fourth-order valence-corrected chi connectivity index (χ4v) is 2.69. The largest absolute Gasteiger partial charge is 0.310 e. The van der Waals surface area contributed by atoms with Crippen molar-refractivity contribution in [1.29, 1.82) is 0 Å². The summed E-state index contributed by atoms with van der Waals surface area (Å²) in [7, 11) is 0. The van der Waals surface area contributed by atoms with Gasteiger partial charge in [0, 0.05) is 12.0 Å². The molecule has 1 aliphatic carbocycles. The van der Waals surface area contributed by atoms with Gasteiger partial charge in [-0.1, -0.05) is 12.8 Å². The first kappa shape index (κ1) is 10.1. The second kappa shape index (κ2) is 4.36. The van der Waals surface area contributed by atoms with Crippen LogP contribution in [0.3, 0.4) is 0 Å². The van der Waals surface area contributed by atoms with Gasteiger partial charge >= 0.3 is 0 Å². The molecule has 2 fully saturated rings. The number of rotatable bonds is 2. The molecule has 1 saturated heterocycles. The van der Waals surface area contributed by atoms with Crippen LogP contribution in [0.4, 0.5) is 0 Å². The lowest BCUT2D eigenvalue weighted by Gasteiger charge is -2.32. The average molecular weight is 191 g/mol. The van der Waals surface area contributed by atoms with Gasteiger partial charge in [0.15, 0.2) is 0 Å². The van der Waals surface area contributed by atoms with Gasteiger partial charge in [-0.2, -0.15) is 0 Å². The number of hydrogen-bond donors (Lipinski definition) is 1. The number of nitrogens with one attached hydrogen (secondary N) is 1. The van der Waals surface area contributed by atoms with E-state index in [9.17, 15) is 0 Å². The first-order chi connectivity index (χ1) is 6.87. The molecule has 2 rings (SSSR count). The normalized spacial score (nSPS) is 32.9. The highest BCUT2D eigenvalue weighted by atomic mass is 15.0. The fourth-order valence-electron chi connectivity index (χ4n) is 2.69. The van der Waals surface area contributed by atoms with Crippen molar-refractivity contribution < 1.29 is 0 Å². The van der Waals surface area contributed by atoms with E-state index in [1.165, 1.54) is 45.1 Å². The van der Waals surface area contributed by atoms with Gasteiger partial charge in [-0.05, 0) is 45.1 Å². The van der Waals surface area contributed by atoms with Gasteiger partial charge in [0.1, 0.15) is 0 Å². The monoisotopic (exact) mass is 191 g/mol. The molecule has 0 bridgehead atoms. The lowest BCUT2D eigenvalue weighted by Crippen LogP contribution is -2.46. The third kappa shape index (κ3) is 2.12. The Hall–Kier alpha value is -0.480. The Labute approximate surface area is 87.7 Å². The predicted molar refractivity (Wildman–Crippen MR) is 60.0 cm³/mol. The van der Waals surface area contributed by atoms with Crippen LogP contribution in [0.5, 0.6) is 0 Å². The van der Waals surface area contributed by atoms with Crippen LogP contribution in [0.15, 0.2) is 0 Å². The molecule has 78 valence electrons. The SMILES string of the molecule is CC#CCC1(C2CC2)CCCCCN1. The molecule has 0 radical (unpaired) electrons. The smallest absolute Gasteiger partial charge is 0.0318 e. The molecule has 0 aromatic heterocycles. The second-order valence-corrected chi connectivity index (χ2v) is 4.77. The van der Waals surface area contributed by atoms with E-state index < -0.39 is 0 Å². The topological polar surface area (TPSA) is 12.0 Å². The Balaban J connectivity index is 2.04. The van der Waals surface area contributed by atoms with Gasteiger partial charge in [-0.15, -0.1) is 11.8 Å². The van der Waals surface area contributed by atoms with Crippen LogP contribution < -0.4 is 5.32 Å². The highest BCUT2D eigenvalue weighted by Crippen LogP contribution is 2.44. The average Bonchev–Trinajstić information content (AvgIpc) is 3.01. The Kier molecular flexibility index (Phi) is 3.13. The molecular weight excluding hydrogens is 170 g/mol. The summed E-state index contributed by atoms with van der Waals surface area (Å²) in [4.78, 5) is 0. The summed E-state index contributed by atoms with van der Waals surface area (Å²) < 4.78 is 0. The number of hydrogen-bond acceptors (Lipinski definition) is 1. The lowest BCUT2D eigenvalue weighted by atomic mass is 9.85. The van der Waals surface area contributed by atoms with Gasteiger partial charge in [0.25, 0.3) is 0 Å². The molecule has 2 aliphatic rings. The molecule has 1 heteroatoms. The summed E-state index contributed by atoms with van der Waals surface area (Å²) >= 11 is 0. The van der Waals surface area contributed by atoms with Crippen molar-refractivity contribution in [1.82, 2.24) is 5.32 Å². The second-order valence-electron chi connectivity index (χ2n) is 4.77. The van der Waals surface area contributed by atoms with E-state index in [0.717, 1.165) is 12.3 Å². The zero-order valence-corrected chi connectivity index (χ0v) is 9.23. The highest BCUT2D eigenvalue weighted by Gasteiger charge is 2.44. The maximum Gasteiger partial charge on any atom is 0.0318 e. The van der Waals surface area contributed by atoms with Crippen LogP contribution in [-0.2, 0) is 0 Å². The van der Waals surface area contributed by atoms with Crippen molar-refractivity contribution in [2.45, 2.75) is 57.4 Å². The van der Waals surface area contributed by atoms with Gasteiger partial charge in [0.2, 0.25) is 0 Å². The third-order valence-electron chi connectivity index (χ3n) is 3.72. The first-order valence-electron chi connectivity index (χ1n) is 6.02. The van der Waals surface area contributed by atoms with Gasteiger partial charge in [-0.25, -0.2) is 0 Å². The van der Waals surface area contributed by atoms with Gasteiger partial charge in [-0.3, -0.25) is 0 Å². The molecule has 14 heavy (non-hydrogen) atoms. The van der Waals surface area contributed by atoms with E-state index in [4.69, 9.17) is 0 Å².